The van der Waals surface area contributed by atoms with Gasteiger partial charge in [0, 0.05) is 33.4 Å². The van der Waals surface area contributed by atoms with Gasteiger partial charge in [-0.2, -0.15) is 0 Å². The molecule has 1 N–H and O–H groups in total. The van der Waals surface area contributed by atoms with Gasteiger partial charge in [0.05, 0.1) is 36.6 Å². The number of carbonyl (C=O) groups is 2. The Morgan fingerprint density at radius 3 is 2.72 bits per heavy atom. The average molecular weight is 519 g/mol. The Kier molecular flexibility index (Phi) is 7.97. The van der Waals surface area contributed by atoms with E-state index in [1.54, 1.807) is 26.2 Å². The molecule has 0 aromatic heterocycles. The summed E-state index contributed by atoms with van der Waals surface area (Å²) in [6, 6.07) is 3.62. The van der Waals surface area contributed by atoms with E-state index in [-0.39, 0.29) is 30.3 Å². The molecule has 3 aliphatic rings. The summed E-state index contributed by atoms with van der Waals surface area (Å²) in [6.07, 6.45) is 7.48. The number of methoxy groups -OCH3 is 2. The molecule has 0 radical (unpaired) electrons. The highest BCUT2D eigenvalue weighted by Crippen LogP contribution is 2.44. The highest BCUT2D eigenvalue weighted by molar-refractivity contribution is 6.35. The number of allylic oxidation sites excluding steroid dienone is 3. The minimum absolute atomic E-state index is 0.0593. The maximum atomic E-state index is 13.1. The summed E-state index contributed by atoms with van der Waals surface area (Å²) in [6.45, 7) is 4.03. The third-order valence-corrected chi connectivity index (χ3v) is 7.69. The zero-order valence-electron chi connectivity index (χ0n) is 21.5. The van der Waals surface area contributed by atoms with Crippen LogP contribution in [0, 0.1) is 0 Å². The Morgan fingerprint density at radius 1 is 1.22 bits per heavy atom. The lowest BCUT2D eigenvalue weighted by molar-refractivity contribution is -0.118. The molecule has 0 aliphatic carbocycles. The standard InChI is InChI=1S/C27H35ClN2O6/c1-16-7-6-8-21(33-4)19-14-18(35-26(32)29-19)15-23-27(2,36-23)10-9-24(31)30(3)20-12-17(11-16)13-22(34-5)25(20)28/h6-8,12-13,18-19,21,23H,9-11,14-15H2,1-5H3,(H,29,32)/b8-6+,16-7+/t18?,19?,21-,23?,27+/m1/s1. The summed E-state index contributed by atoms with van der Waals surface area (Å²) in [5, 5.41) is 3.29. The third kappa shape index (κ3) is 5.88. The number of ether oxygens (including phenoxy) is 4. The Morgan fingerprint density at radius 2 is 2.00 bits per heavy atom. The quantitative estimate of drug-likeness (QED) is 0.576. The number of halogens is 1. The fraction of sp³-hybridized carbons (Fsp3) is 0.556. The van der Waals surface area contributed by atoms with Crippen LogP contribution in [0.25, 0.3) is 0 Å². The first-order chi connectivity index (χ1) is 17.1. The molecule has 4 rings (SSSR count). The van der Waals surface area contributed by atoms with Crippen molar-refractivity contribution in [3.8, 4) is 5.75 Å². The van der Waals surface area contributed by atoms with Crippen molar-refractivity contribution in [2.75, 3.05) is 26.2 Å². The first kappa shape index (κ1) is 26.5. The number of benzene rings is 1. The predicted molar refractivity (Wildman–Crippen MR) is 138 cm³/mol. The van der Waals surface area contributed by atoms with E-state index in [0.717, 1.165) is 11.1 Å². The van der Waals surface area contributed by atoms with Gasteiger partial charge in [-0.15, -0.1) is 0 Å². The lowest BCUT2D eigenvalue weighted by atomic mass is 9.93. The van der Waals surface area contributed by atoms with Crippen LogP contribution in [-0.2, 0) is 25.4 Å². The summed E-state index contributed by atoms with van der Waals surface area (Å²) in [7, 11) is 4.93. The molecular formula is C27H35ClN2O6. The van der Waals surface area contributed by atoms with Crippen molar-refractivity contribution in [2.24, 2.45) is 0 Å². The molecule has 5 atom stereocenters. The number of nitrogens with one attached hydrogen (secondary N) is 1. The molecule has 196 valence electrons. The van der Waals surface area contributed by atoms with Crippen LogP contribution in [0.2, 0.25) is 5.02 Å². The molecule has 4 bridgehead atoms. The number of nitrogens with zero attached hydrogens (tertiary/aromatic N) is 1. The predicted octanol–water partition coefficient (Wildman–Crippen LogP) is 4.58. The smallest absolute Gasteiger partial charge is 0.407 e. The number of rotatable bonds is 2. The topological polar surface area (TPSA) is 89.6 Å². The molecule has 0 spiro atoms. The first-order valence-corrected chi connectivity index (χ1v) is 12.7. The molecule has 2 fully saturated rings. The molecular weight excluding hydrogens is 484 g/mol. The molecule has 1 aromatic carbocycles. The zero-order valence-corrected chi connectivity index (χ0v) is 22.3. The highest BCUT2D eigenvalue weighted by Gasteiger charge is 2.53. The van der Waals surface area contributed by atoms with Gasteiger partial charge in [-0.05, 0) is 44.4 Å². The van der Waals surface area contributed by atoms with Gasteiger partial charge in [0.15, 0.2) is 0 Å². The number of fused-ring (bicyclic) bond motifs is 5. The van der Waals surface area contributed by atoms with Crippen molar-refractivity contribution in [2.45, 2.75) is 75.9 Å². The van der Waals surface area contributed by atoms with E-state index >= 15 is 0 Å². The van der Waals surface area contributed by atoms with Crippen LogP contribution in [0.1, 0.15) is 45.1 Å². The van der Waals surface area contributed by atoms with E-state index in [4.69, 9.17) is 30.5 Å². The van der Waals surface area contributed by atoms with Gasteiger partial charge in [0.2, 0.25) is 5.91 Å². The van der Waals surface area contributed by atoms with E-state index < -0.39 is 11.7 Å². The molecule has 3 aliphatic heterocycles. The minimum atomic E-state index is -0.450. The molecule has 0 saturated carbocycles. The summed E-state index contributed by atoms with van der Waals surface area (Å²) < 4.78 is 22.7. The molecule has 3 unspecified atom stereocenters. The van der Waals surface area contributed by atoms with Gasteiger partial charge < -0.3 is 29.2 Å². The summed E-state index contributed by atoms with van der Waals surface area (Å²) in [4.78, 5) is 27.0. The second kappa shape index (κ2) is 10.8. The lowest BCUT2D eigenvalue weighted by Crippen LogP contribution is -2.51. The minimum Gasteiger partial charge on any atom is -0.495 e. The average Bonchev–Trinajstić information content (AvgIpc) is 3.48. The number of hydrogen-bond donors (Lipinski definition) is 1. The molecule has 2 saturated heterocycles. The molecule has 2 amide bonds. The van der Waals surface area contributed by atoms with Crippen molar-refractivity contribution in [1.82, 2.24) is 5.32 Å². The number of alkyl carbamates (subject to hydrolysis) is 1. The second-order valence-corrected chi connectivity index (χ2v) is 10.4. The molecule has 3 heterocycles. The van der Waals surface area contributed by atoms with Crippen molar-refractivity contribution in [1.29, 1.82) is 0 Å². The van der Waals surface area contributed by atoms with Gasteiger partial charge in [-0.1, -0.05) is 35.4 Å². The first-order valence-electron chi connectivity index (χ1n) is 12.3. The summed E-state index contributed by atoms with van der Waals surface area (Å²) in [5.74, 6) is 0.467. The molecule has 1 aromatic rings. The normalized spacial score (nSPS) is 33.5. The summed E-state index contributed by atoms with van der Waals surface area (Å²) in [5.41, 5.74) is 2.26. The largest absolute Gasteiger partial charge is 0.495 e. The van der Waals surface area contributed by atoms with Gasteiger partial charge in [0.25, 0.3) is 0 Å². The Labute approximate surface area is 217 Å². The van der Waals surface area contributed by atoms with Gasteiger partial charge in [-0.3, -0.25) is 4.79 Å². The van der Waals surface area contributed by atoms with Crippen LogP contribution < -0.4 is 15.0 Å². The number of hydrogen-bond acceptors (Lipinski definition) is 6. The molecule has 8 nitrogen and oxygen atoms in total. The number of anilines is 1. The fourth-order valence-corrected chi connectivity index (χ4v) is 5.33. The summed E-state index contributed by atoms with van der Waals surface area (Å²) >= 11 is 6.60. The SMILES string of the molecule is COc1cc2cc(c1Cl)N(C)C(=O)CC[C@]1(C)OC1CC1CC(NC(=O)O1)[C@H](OC)/C=C/C=C(\C)C2. The van der Waals surface area contributed by atoms with E-state index in [9.17, 15) is 9.59 Å². The number of amides is 2. The molecule has 36 heavy (non-hydrogen) atoms. The van der Waals surface area contributed by atoms with E-state index in [1.807, 2.05) is 44.2 Å². The Balaban J connectivity index is 1.65. The monoisotopic (exact) mass is 518 g/mol. The van der Waals surface area contributed by atoms with E-state index in [1.165, 1.54) is 0 Å². The fourth-order valence-electron chi connectivity index (χ4n) is 5.01. The Hall–Kier alpha value is -2.55. The Bertz CT molecular complexity index is 1070. The van der Waals surface area contributed by atoms with Crippen LogP contribution in [0.5, 0.6) is 5.75 Å². The maximum Gasteiger partial charge on any atom is 0.407 e. The number of epoxide rings is 1. The van der Waals surface area contributed by atoms with E-state index in [0.29, 0.717) is 48.6 Å². The van der Waals surface area contributed by atoms with Gasteiger partial charge >= 0.3 is 6.09 Å². The van der Waals surface area contributed by atoms with Crippen LogP contribution in [0.4, 0.5) is 10.5 Å². The van der Waals surface area contributed by atoms with Gasteiger partial charge in [-0.25, -0.2) is 4.79 Å². The van der Waals surface area contributed by atoms with Crippen LogP contribution in [-0.4, -0.2) is 63.2 Å². The van der Waals surface area contributed by atoms with Crippen molar-refractivity contribution < 1.29 is 28.5 Å². The molecule has 9 heteroatoms. The van der Waals surface area contributed by atoms with Gasteiger partial charge in [0.1, 0.15) is 16.9 Å². The zero-order chi connectivity index (χ0) is 26.0. The lowest BCUT2D eigenvalue weighted by Gasteiger charge is -2.33. The maximum absolute atomic E-state index is 13.1. The third-order valence-electron chi connectivity index (χ3n) is 7.31. The highest BCUT2D eigenvalue weighted by atomic mass is 35.5. The van der Waals surface area contributed by atoms with Crippen LogP contribution >= 0.6 is 11.6 Å². The van der Waals surface area contributed by atoms with Crippen LogP contribution in [0.15, 0.2) is 35.9 Å². The van der Waals surface area contributed by atoms with Crippen molar-refractivity contribution >= 4 is 29.3 Å². The van der Waals surface area contributed by atoms with Crippen molar-refractivity contribution in [3.05, 3.63) is 46.5 Å². The van der Waals surface area contributed by atoms with Crippen LogP contribution in [0.3, 0.4) is 0 Å². The number of carbonyl (C=O) groups excluding carboxylic acids is 2. The van der Waals surface area contributed by atoms with E-state index in [2.05, 4.69) is 5.32 Å². The second-order valence-electron chi connectivity index (χ2n) is 10.0. The van der Waals surface area contributed by atoms with Crippen molar-refractivity contribution in [3.63, 3.8) is 0 Å².